The summed E-state index contributed by atoms with van der Waals surface area (Å²) in [6.45, 7) is 5.67. The summed E-state index contributed by atoms with van der Waals surface area (Å²) in [5, 5.41) is 0.590. The number of hydrogen-bond donors (Lipinski definition) is 0. The van der Waals surface area contributed by atoms with Gasteiger partial charge in [0.25, 0.3) is 11.5 Å². The molecule has 1 fully saturated rings. The lowest BCUT2D eigenvalue weighted by Gasteiger charge is -2.32. The molecule has 5 heteroatoms. The summed E-state index contributed by atoms with van der Waals surface area (Å²) >= 11 is 0. The Hall–Kier alpha value is -2.95. The molecule has 1 atom stereocenters. The fourth-order valence-corrected chi connectivity index (χ4v) is 4.07. The summed E-state index contributed by atoms with van der Waals surface area (Å²) < 4.78 is 1.60. The molecule has 0 spiro atoms. The molecule has 0 aliphatic carbocycles. The number of para-hydroxylation sites is 1. The predicted octanol–water partition coefficient (Wildman–Crippen LogP) is 3.96. The van der Waals surface area contributed by atoms with Gasteiger partial charge in [-0.3, -0.25) is 14.2 Å². The van der Waals surface area contributed by atoms with E-state index < -0.39 is 0 Å². The molecule has 1 aromatic heterocycles. The van der Waals surface area contributed by atoms with E-state index in [4.69, 9.17) is 0 Å². The van der Waals surface area contributed by atoms with Crippen LogP contribution >= 0.6 is 0 Å². The number of carbonyl (C=O) groups excluding carboxylic acids is 1. The van der Waals surface area contributed by atoms with Crippen LogP contribution in [0.5, 0.6) is 0 Å². The van der Waals surface area contributed by atoms with Crippen molar-refractivity contribution in [1.82, 2.24) is 14.5 Å². The topological polar surface area (TPSA) is 55.2 Å². The molecule has 0 radical (unpaired) electrons. The van der Waals surface area contributed by atoms with Gasteiger partial charge in [-0.05, 0) is 62.1 Å². The molecule has 3 aromatic rings. The number of fused-ring (bicyclic) bond motifs is 1. The number of amides is 1. The number of piperidine rings is 1. The molecule has 1 saturated heterocycles. The predicted molar refractivity (Wildman–Crippen MR) is 111 cm³/mol. The standard InChI is InChI=1S/C23H25N3O2/c1-3-17-7-6-14-25(15-17)22(27)18-10-12-19(13-11-18)26-16(2)24-21-9-5-4-8-20(21)23(26)28/h4-5,8-13,17H,3,6-7,14-15H2,1-2H3. The van der Waals surface area contributed by atoms with Gasteiger partial charge in [-0.1, -0.05) is 25.5 Å². The first-order valence-electron chi connectivity index (χ1n) is 9.96. The van der Waals surface area contributed by atoms with Crippen LogP contribution in [0.3, 0.4) is 0 Å². The lowest BCUT2D eigenvalue weighted by atomic mass is 9.95. The smallest absolute Gasteiger partial charge is 0.265 e. The fourth-order valence-electron chi connectivity index (χ4n) is 4.07. The highest BCUT2D eigenvalue weighted by Gasteiger charge is 2.23. The average molecular weight is 375 g/mol. The first-order chi connectivity index (χ1) is 13.6. The zero-order valence-electron chi connectivity index (χ0n) is 16.4. The molecular weight excluding hydrogens is 350 g/mol. The number of carbonyl (C=O) groups is 1. The van der Waals surface area contributed by atoms with Crippen molar-refractivity contribution < 1.29 is 4.79 Å². The van der Waals surface area contributed by atoms with E-state index in [1.165, 1.54) is 6.42 Å². The lowest BCUT2D eigenvalue weighted by molar-refractivity contribution is 0.0671. The second-order valence-corrected chi connectivity index (χ2v) is 7.53. The third-order valence-electron chi connectivity index (χ3n) is 5.70. The first kappa shape index (κ1) is 18.4. The highest BCUT2D eigenvalue weighted by atomic mass is 16.2. The molecule has 0 saturated carbocycles. The Labute approximate surface area is 164 Å². The van der Waals surface area contributed by atoms with Crippen LogP contribution in [0.2, 0.25) is 0 Å². The lowest BCUT2D eigenvalue weighted by Crippen LogP contribution is -2.39. The van der Waals surface area contributed by atoms with E-state index in [0.717, 1.165) is 31.6 Å². The van der Waals surface area contributed by atoms with Crippen molar-refractivity contribution >= 4 is 16.8 Å². The summed E-state index contributed by atoms with van der Waals surface area (Å²) in [5.74, 6) is 1.30. The minimum absolute atomic E-state index is 0.0744. The summed E-state index contributed by atoms with van der Waals surface area (Å²) in [4.78, 5) is 32.3. The molecule has 2 heterocycles. The van der Waals surface area contributed by atoms with Gasteiger partial charge in [-0.2, -0.15) is 0 Å². The minimum atomic E-state index is -0.0935. The number of benzene rings is 2. The van der Waals surface area contributed by atoms with Gasteiger partial charge in [0.1, 0.15) is 5.82 Å². The molecule has 2 aromatic carbocycles. The van der Waals surface area contributed by atoms with Crippen LogP contribution in [0.1, 0.15) is 42.4 Å². The second kappa shape index (κ2) is 7.58. The van der Waals surface area contributed by atoms with Gasteiger partial charge >= 0.3 is 0 Å². The van der Waals surface area contributed by atoms with Crippen LogP contribution in [0.25, 0.3) is 16.6 Å². The van der Waals surface area contributed by atoms with Crippen molar-refractivity contribution in [3.05, 3.63) is 70.3 Å². The van der Waals surface area contributed by atoms with E-state index in [2.05, 4.69) is 11.9 Å². The molecule has 0 N–H and O–H groups in total. The molecule has 5 nitrogen and oxygen atoms in total. The van der Waals surface area contributed by atoms with Crippen LogP contribution in [0.15, 0.2) is 53.3 Å². The normalized spacial score (nSPS) is 17.1. The minimum Gasteiger partial charge on any atom is -0.338 e. The van der Waals surface area contributed by atoms with E-state index in [-0.39, 0.29) is 11.5 Å². The number of nitrogens with zero attached hydrogens (tertiary/aromatic N) is 3. The van der Waals surface area contributed by atoms with Crippen LogP contribution in [-0.4, -0.2) is 33.4 Å². The van der Waals surface area contributed by atoms with E-state index >= 15 is 0 Å². The maximum Gasteiger partial charge on any atom is 0.265 e. The van der Waals surface area contributed by atoms with Crippen molar-refractivity contribution in [1.29, 1.82) is 0 Å². The van der Waals surface area contributed by atoms with Crippen molar-refractivity contribution in [2.75, 3.05) is 13.1 Å². The van der Waals surface area contributed by atoms with Crippen LogP contribution in [0, 0.1) is 12.8 Å². The molecule has 1 unspecified atom stereocenters. The molecule has 1 amide bonds. The highest BCUT2D eigenvalue weighted by Crippen LogP contribution is 2.21. The maximum atomic E-state index is 12.9. The van der Waals surface area contributed by atoms with Gasteiger partial charge in [0.15, 0.2) is 0 Å². The van der Waals surface area contributed by atoms with Crippen molar-refractivity contribution in [3.63, 3.8) is 0 Å². The Morgan fingerprint density at radius 1 is 1.14 bits per heavy atom. The summed E-state index contributed by atoms with van der Waals surface area (Å²) in [7, 11) is 0. The molecule has 1 aliphatic heterocycles. The van der Waals surface area contributed by atoms with Crippen molar-refractivity contribution in [3.8, 4) is 5.69 Å². The Balaban J connectivity index is 1.65. The quantitative estimate of drug-likeness (QED) is 0.696. The number of hydrogen-bond acceptors (Lipinski definition) is 3. The van der Waals surface area contributed by atoms with Gasteiger partial charge in [-0.15, -0.1) is 0 Å². The van der Waals surface area contributed by atoms with Gasteiger partial charge in [0.05, 0.1) is 16.6 Å². The average Bonchev–Trinajstić information content (AvgIpc) is 2.74. The number of likely N-dealkylation sites (tertiary alicyclic amines) is 1. The zero-order valence-corrected chi connectivity index (χ0v) is 16.4. The SMILES string of the molecule is CCC1CCCN(C(=O)c2ccc(-n3c(C)nc4ccccc4c3=O)cc2)C1. The third-order valence-corrected chi connectivity index (χ3v) is 5.70. The van der Waals surface area contributed by atoms with Crippen LogP contribution in [0.4, 0.5) is 0 Å². The van der Waals surface area contributed by atoms with E-state index in [1.54, 1.807) is 10.6 Å². The van der Waals surface area contributed by atoms with E-state index in [0.29, 0.717) is 28.2 Å². The van der Waals surface area contributed by atoms with Crippen molar-refractivity contribution in [2.24, 2.45) is 5.92 Å². The maximum absolute atomic E-state index is 12.9. The Kier molecular flexibility index (Phi) is 4.99. The van der Waals surface area contributed by atoms with Crippen LogP contribution < -0.4 is 5.56 Å². The monoisotopic (exact) mass is 375 g/mol. The molecule has 0 bridgehead atoms. The zero-order chi connectivity index (χ0) is 19.7. The number of rotatable bonds is 3. The molecule has 144 valence electrons. The molecule has 4 rings (SSSR count). The summed E-state index contributed by atoms with van der Waals surface area (Å²) in [6, 6.07) is 14.6. The van der Waals surface area contributed by atoms with Gasteiger partial charge in [-0.25, -0.2) is 4.98 Å². The van der Waals surface area contributed by atoms with E-state index in [1.807, 2.05) is 54.3 Å². The molecule has 28 heavy (non-hydrogen) atoms. The van der Waals surface area contributed by atoms with Crippen molar-refractivity contribution in [2.45, 2.75) is 33.1 Å². The second-order valence-electron chi connectivity index (χ2n) is 7.53. The summed E-state index contributed by atoms with van der Waals surface area (Å²) in [5.41, 5.74) is 2.00. The number of aryl methyl sites for hydroxylation is 1. The third kappa shape index (κ3) is 3.33. The van der Waals surface area contributed by atoms with Gasteiger partial charge < -0.3 is 4.90 Å². The largest absolute Gasteiger partial charge is 0.338 e. The first-order valence-corrected chi connectivity index (χ1v) is 9.96. The Morgan fingerprint density at radius 2 is 1.89 bits per heavy atom. The molecule has 1 aliphatic rings. The molecular formula is C23H25N3O2. The fraction of sp³-hybridized carbons (Fsp3) is 0.348. The van der Waals surface area contributed by atoms with Gasteiger partial charge in [0, 0.05) is 18.7 Å². The Morgan fingerprint density at radius 3 is 2.64 bits per heavy atom. The highest BCUT2D eigenvalue weighted by molar-refractivity contribution is 5.94. The van der Waals surface area contributed by atoms with E-state index in [9.17, 15) is 9.59 Å². The van der Waals surface area contributed by atoms with Crippen LogP contribution in [-0.2, 0) is 0 Å². The summed E-state index contributed by atoms with van der Waals surface area (Å²) in [6.07, 6.45) is 3.38. The van der Waals surface area contributed by atoms with Gasteiger partial charge in [0.2, 0.25) is 0 Å². The number of aromatic nitrogens is 2. The Bertz CT molecular complexity index is 1070.